The van der Waals surface area contributed by atoms with Crippen LogP contribution in [0.3, 0.4) is 0 Å². The zero-order valence-corrected chi connectivity index (χ0v) is 21.7. The average Bonchev–Trinajstić information content (AvgIpc) is 2.55. The molecule has 0 saturated carbocycles. The summed E-state index contributed by atoms with van der Waals surface area (Å²) in [5.74, 6) is 1.97. The van der Waals surface area contributed by atoms with Crippen LogP contribution in [0.5, 0.6) is 17.2 Å². The summed E-state index contributed by atoms with van der Waals surface area (Å²) < 4.78 is 18.1. The molecule has 0 bridgehead atoms. The second kappa shape index (κ2) is 12.0. The summed E-state index contributed by atoms with van der Waals surface area (Å²) in [6.07, 6.45) is -0.0445. The number of hydrogen-bond donors (Lipinski definition) is 0. The number of ether oxygens (including phenoxy) is 3. The van der Waals surface area contributed by atoms with Gasteiger partial charge in [-0.3, -0.25) is 4.79 Å². The summed E-state index contributed by atoms with van der Waals surface area (Å²) in [4.78, 5) is 13.4. The molecule has 0 spiro atoms. The number of rotatable bonds is 9. The van der Waals surface area contributed by atoms with E-state index in [2.05, 4.69) is 12.1 Å². The molecule has 0 aromatic heterocycles. The molecule has 0 aliphatic carbocycles. The molecule has 1 atom stereocenters. The minimum atomic E-state index is -0.110. The van der Waals surface area contributed by atoms with Crippen molar-refractivity contribution in [3.63, 3.8) is 0 Å². The fourth-order valence-electron chi connectivity index (χ4n) is 3.44. The Bertz CT molecular complexity index is 859. The van der Waals surface area contributed by atoms with E-state index < -0.39 is 0 Å². The third kappa shape index (κ3) is 7.87. The maximum atomic E-state index is 13.4. The van der Waals surface area contributed by atoms with Gasteiger partial charge in [-0.15, -0.1) is 0 Å². The zero-order chi connectivity index (χ0) is 22.6. The third-order valence-electron chi connectivity index (χ3n) is 4.28. The quantitative estimate of drug-likeness (QED) is 0.446. The van der Waals surface area contributed by atoms with Gasteiger partial charge in [0.05, 0.1) is 23.6 Å². The first-order valence-electron chi connectivity index (χ1n) is 10.5. The van der Waals surface area contributed by atoms with Crippen molar-refractivity contribution in [1.29, 1.82) is 0 Å². The van der Waals surface area contributed by atoms with E-state index >= 15 is 0 Å². The van der Waals surface area contributed by atoms with Crippen molar-refractivity contribution in [2.75, 3.05) is 0 Å². The molecule has 31 heavy (non-hydrogen) atoms. The molecule has 166 valence electrons. The van der Waals surface area contributed by atoms with Crippen LogP contribution in [0.25, 0.3) is 0 Å². The Morgan fingerprint density at radius 2 is 1.19 bits per heavy atom. The molecule has 6 heteroatoms. The SMILES string of the molecule is Cc1cc(C)c(C(=O)Pc2c(OC(C)C)cc(OC(C)C)cc2OC(C)C)c(C)c1.[H-].[Li+]. The first kappa shape index (κ1) is 27.6. The van der Waals surface area contributed by atoms with Crippen LogP contribution >= 0.6 is 8.58 Å². The second-order valence-corrected chi connectivity index (χ2v) is 9.73. The number of carbonyl (C=O) groups is 1. The molecule has 2 rings (SSSR count). The number of aryl methyl sites for hydroxylation is 3. The van der Waals surface area contributed by atoms with Crippen molar-refractivity contribution in [3.8, 4) is 17.2 Å². The average molecular weight is 438 g/mol. The van der Waals surface area contributed by atoms with Gasteiger partial charge in [-0.2, -0.15) is 0 Å². The summed E-state index contributed by atoms with van der Waals surface area (Å²) in [6.45, 7) is 17.9. The van der Waals surface area contributed by atoms with Gasteiger partial charge >= 0.3 is 18.9 Å². The normalized spacial score (nSPS) is 11.4. The van der Waals surface area contributed by atoms with Crippen molar-refractivity contribution in [3.05, 3.63) is 46.5 Å². The zero-order valence-electron chi connectivity index (χ0n) is 21.7. The fraction of sp³-hybridized carbons (Fsp3) is 0.480. The Morgan fingerprint density at radius 1 is 0.774 bits per heavy atom. The summed E-state index contributed by atoms with van der Waals surface area (Å²) >= 11 is 0. The van der Waals surface area contributed by atoms with Gasteiger partial charge < -0.3 is 15.6 Å². The predicted octanol–water partition coefficient (Wildman–Crippen LogP) is 3.23. The molecule has 2 aromatic rings. The standard InChI is InChI=1S/C25H35O4P.Li.H/c1-14(2)27-20-12-21(28-15(3)4)24(22(13-20)29-16(5)6)30-25(26)23-18(8)10-17(7)11-19(23)9;;/h10-16,30H,1-9H3;;/q;+1;-1. The van der Waals surface area contributed by atoms with Gasteiger partial charge in [0.15, 0.2) is 5.52 Å². The smallest absolute Gasteiger partial charge is 1.00 e. The topological polar surface area (TPSA) is 44.8 Å². The van der Waals surface area contributed by atoms with Crippen molar-refractivity contribution in [2.24, 2.45) is 0 Å². The Kier molecular flexibility index (Phi) is 10.6. The van der Waals surface area contributed by atoms with Gasteiger partial charge in [-0.25, -0.2) is 0 Å². The van der Waals surface area contributed by atoms with Crippen molar-refractivity contribution in [2.45, 2.75) is 80.6 Å². The first-order chi connectivity index (χ1) is 14.0. The van der Waals surface area contributed by atoms with E-state index in [1.807, 2.05) is 74.4 Å². The predicted molar refractivity (Wildman–Crippen MR) is 128 cm³/mol. The van der Waals surface area contributed by atoms with E-state index in [1.54, 1.807) is 0 Å². The van der Waals surface area contributed by atoms with Crippen molar-refractivity contribution in [1.82, 2.24) is 0 Å². The maximum absolute atomic E-state index is 13.4. The van der Waals surface area contributed by atoms with Crippen LogP contribution in [0.2, 0.25) is 0 Å². The van der Waals surface area contributed by atoms with Crippen LogP contribution in [-0.2, 0) is 0 Å². The minimum Gasteiger partial charge on any atom is -1.00 e. The van der Waals surface area contributed by atoms with Crippen molar-refractivity contribution < 1.29 is 39.3 Å². The van der Waals surface area contributed by atoms with Crippen LogP contribution in [0.1, 0.15) is 70.0 Å². The van der Waals surface area contributed by atoms with Gasteiger partial charge in [-0.1, -0.05) is 17.7 Å². The molecule has 0 aliphatic rings. The molecule has 0 heterocycles. The van der Waals surface area contributed by atoms with Gasteiger partial charge in [0, 0.05) is 17.7 Å². The van der Waals surface area contributed by atoms with Crippen LogP contribution in [-0.4, -0.2) is 23.8 Å². The van der Waals surface area contributed by atoms with E-state index in [1.165, 1.54) is 0 Å². The van der Waals surface area contributed by atoms with Crippen LogP contribution in [0.15, 0.2) is 24.3 Å². The Labute approximate surface area is 202 Å². The molecule has 2 aromatic carbocycles. The van der Waals surface area contributed by atoms with Gasteiger partial charge in [0.1, 0.15) is 17.2 Å². The molecular weight excluding hydrogens is 402 g/mol. The van der Waals surface area contributed by atoms with Gasteiger partial charge in [0.2, 0.25) is 0 Å². The second-order valence-electron chi connectivity index (χ2n) is 8.52. The number of hydrogen-bond acceptors (Lipinski definition) is 4. The van der Waals surface area contributed by atoms with Crippen LogP contribution < -0.4 is 38.4 Å². The Balaban J connectivity index is 0.00000480. The van der Waals surface area contributed by atoms with Crippen LogP contribution in [0.4, 0.5) is 0 Å². The maximum Gasteiger partial charge on any atom is 1.00 e. The molecule has 0 saturated heterocycles. The summed E-state index contributed by atoms with van der Waals surface area (Å²) in [5, 5.41) is 0.790. The van der Waals surface area contributed by atoms with E-state index in [-0.39, 0.29) is 52.7 Å². The molecule has 0 radical (unpaired) electrons. The minimum absolute atomic E-state index is 0. The van der Waals surface area contributed by atoms with E-state index in [4.69, 9.17) is 14.2 Å². The van der Waals surface area contributed by atoms with E-state index in [0.717, 1.165) is 27.6 Å². The molecule has 0 N–H and O–H groups in total. The largest absolute Gasteiger partial charge is 1.00 e. The Morgan fingerprint density at radius 3 is 1.58 bits per heavy atom. The number of benzene rings is 2. The third-order valence-corrected chi connectivity index (χ3v) is 5.50. The van der Waals surface area contributed by atoms with Gasteiger partial charge in [0.25, 0.3) is 0 Å². The molecular formula is C25H36LiO4P. The van der Waals surface area contributed by atoms with Gasteiger partial charge in [-0.05, 0) is 82.0 Å². The summed E-state index contributed by atoms with van der Waals surface area (Å²) in [5.41, 5.74) is 4.04. The first-order valence-corrected chi connectivity index (χ1v) is 11.5. The van der Waals surface area contributed by atoms with E-state index in [9.17, 15) is 4.79 Å². The molecule has 0 fully saturated rings. The summed E-state index contributed by atoms with van der Waals surface area (Å²) in [7, 11) is -0.110. The molecule has 4 nitrogen and oxygen atoms in total. The van der Waals surface area contributed by atoms with E-state index in [0.29, 0.717) is 17.2 Å². The number of carbonyl (C=O) groups excluding carboxylic acids is 1. The van der Waals surface area contributed by atoms with Crippen LogP contribution in [0, 0.1) is 20.8 Å². The molecule has 0 aliphatic heterocycles. The summed E-state index contributed by atoms with van der Waals surface area (Å²) in [6, 6.07) is 7.86. The molecule has 1 unspecified atom stereocenters. The fourth-order valence-corrected chi connectivity index (χ4v) is 4.69. The van der Waals surface area contributed by atoms with Crippen molar-refractivity contribution >= 4 is 19.4 Å². The Hall–Kier alpha value is -1.46. The monoisotopic (exact) mass is 438 g/mol. The molecule has 0 amide bonds.